The molecule has 0 N–H and O–H groups in total. The number of rotatable bonds is 3. The van der Waals surface area contributed by atoms with Gasteiger partial charge in [-0.05, 0) is 49.2 Å². The molecule has 0 spiro atoms. The molecule has 0 unspecified atom stereocenters. The summed E-state index contributed by atoms with van der Waals surface area (Å²) in [4.78, 5) is 4.68. The predicted octanol–water partition coefficient (Wildman–Crippen LogP) is 4.16. The van der Waals surface area contributed by atoms with E-state index in [1.165, 1.54) is 16.3 Å². The second kappa shape index (κ2) is 5.06. The molecular weight excluding hydrogens is 262 g/mol. The van der Waals surface area contributed by atoms with Gasteiger partial charge in [0.15, 0.2) is 5.90 Å². The lowest BCUT2D eigenvalue weighted by Crippen LogP contribution is -2.17. The van der Waals surface area contributed by atoms with Gasteiger partial charge in [-0.2, -0.15) is 0 Å². The number of benzene rings is 2. The molecule has 1 aliphatic rings. The molecule has 0 saturated heterocycles. The van der Waals surface area contributed by atoms with Gasteiger partial charge < -0.3 is 9.47 Å². The SMILES string of the molecule is COc1ccc2cc([C@H](C)C3=NC(C)(C)CO3)ccc2c1. The third-order valence-corrected chi connectivity index (χ3v) is 3.93. The first-order chi connectivity index (χ1) is 9.98. The van der Waals surface area contributed by atoms with Gasteiger partial charge in [-0.3, -0.25) is 0 Å². The minimum atomic E-state index is -0.103. The lowest BCUT2D eigenvalue weighted by Gasteiger charge is -2.12. The van der Waals surface area contributed by atoms with Crippen LogP contribution in [0.3, 0.4) is 0 Å². The Morgan fingerprint density at radius 1 is 1.14 bits per heavy atom. The van der Waals surface area contributed by atoms with E-state index in [0.29, 0.717) is 6.61 Å². The van der Waals surface area contributed by atoms with Crippen LogP contribution in [0.1, 0.15) is 32.3 Å². The molecule has 3 nitrogen and oxygen atoms in total. The summed E-state index contributed by atoms with van der Waals surface area (Å²) in [7, 11) is 1.69. The second-order valence-electron chi connectivity index (χ2n) is 6.25. The average Bonchev–Trinajstić information content (AvgIpc) is 2.85. The summed E-state index contributed by atoms with van der Waals surface area (Å²) in [6, 6.07) is 12.6. The Balaban J connectivity index is 1.94. The van der Waals surface area contributed by atoms with Gasteiger partial charge in [0.25, 0.3) is 0 Å². The highest BCUT2D eigenvalue weighted by Gasteiger charge is 2.29. The van der Waals surface area contributed by atoms with E-state index in [1.54, 1.807) is 7.11 Å². The van der Waals surface area contributed by atoms with Crippen LogP contribution >= 0.6 is 0 Å². The standard InChI is InChI=1S/C18H21NO2/c1-12(17-19-18(2,3)11-21-17)13-5-6-15-10-16(20-4)8-7-14(15)9-13/h5-10,12H,11H2,1-4H3/t12-/m0/s1. The van der Waals surface area contributed by atoms with E-state index in [-0.39, 0.29) is 11.5 Å². The second-order valence-corrected chi connectivity index (χ2v) is 6.25. The Morgan fingerprint density at radius 2 is 1.86 bits per heavy atom. The monoisotopic (exact) mass is 283 g/mol. The predicted molar refractivity (Wildman–Crippen MR) is 86.4 cm³/mol. The van der Waals surface area contributed by atoms with Crippen LogP contribution in [0.2, 0.25) is 0 Å². The number of nitrogens with zero attached hydrogens (tertiary/aromatic N) is 1. The smallest absolute Gasteiger partial charge is 0.191 e. The van der Waals surface area contributed by atoms with Crippen molar-refractivity contribution < 1.29 is 9.47 Å². The van der Waals surface area contributed by atoms with E-state index < -0.39 is 0 Å². The van der Waals surface area contributed by atoms with Crippen LogP contribution < -0.4 is 4.74 Å². The van der Waals surface area contributed by atoms with Crippen LogP contribution in [0.4, 0.5) is 0 Å². The largest absolute Gasteiger partial charge is 0.497 e. The van der Waals surface area contributed by atoms with Gasteiger partial charge >= 0.3 is 0 Å². The fourth-order valence-electron chi connectivity index (χ4n) is 2.62. The fraction of sp³-hybridized carbons (Fsp3) is 0.389. The van der Waals surface area contributed by atoms with Crippen LogP contribution in [-0.2, 0) is 4.74 Å². The molecule has 0 bridgehead atoms. The van der Waals surface area contributed by atoms with E-state index >= 15 is 0 Å². The molecule has 0 aliphatic carbocycles. The Morgan fingerprint density at radius 3 is 2.52 bits per heavy atom. The van der Waals surface area contributed by atoms with Crippen molar-refractivity contribution >= 4 is 16.7 Å². The van der Waals surface area contributed by atoms with Crippen molar-refractivity contribution in [1.29, 1.82) is 0 Å². The molecule has 0 aromatic heterocycles. The van der Waals surface area contributed by atoms with Crippen LogP contribution in [0.15, 0.2) is 41.4 Å². The van der Waals surface area contributed by atoms with Crippen LogP contribution in [0.5, 0.6) is 5.75 Å². The summed E-state index contributed by atoms with van der Waals surface area (Å²) in [6.07, 6.45) is 0. The van der Waals surface area contributed by atoms with Crippen molar-refractivity contribution in [3.8, 4) is 5.75 Å². The molecule has 0 saturated carbocycles. The van der Waals surface area contributed by atoms with Crippen LogP contribution in [0, 0.1) is 0 Å². The third-order valence-electron chi connectivity index (χ3n) is 3.93. The number of hydrogen-bond acceptors (Lipinski definition) is 3. The zero-order chi connectivity index (χ0) is 15.0. The maximum Gasteiger partial charge on any atom is 0.191 e. The summed E-state index contributed by atoms with van der Waals surface area (Å²) in [6.45, 7) is 7.00. The van der Waals surface area contributed by atoms with E-state index in [9.17, 15) is 0 Å². The molecule has 0 fully saturated rings. The normalized spacial score (nSPS) is 18.2. The highest BCUT2D eigenvalue weighted by molar-refractivity contribution is 5.89. The number of aliphatic imine (C=N–C) groups is 1. The van der Waals surface area contributed by atoms with Gasteiger partial charge in [-0.1, -0.05) is 24.3 Å². The Kier molecular flexibility index (Phi) is 3.36. The summed E-state index contributed by atoms with van der Waals surface area (Å²) in [5.74, 6) is 1.90. The number of fused-ring (bicyclic) bond motifs is 1. The van der Waals surface area contributed by atoms with Gasteiger partial charge in [0.05, 0.1) is 18.6 Å². The maximum atomic E-state index is 5.76. The first-order valence-electron chi connectivity index (χ1n) is 7.29. The molecule has 2 aromatic carbocycles. The zero-order valence-corrected chi connectivity index (χ0v) is 13.0. The van der Waals surface area contributed by atoms with Crippen molar-refractivity contribution in [2.75, 3.05) is 13.7 Å². The molecule has 0 amide bonds. The minimum Gasteiger partial charge on any atom is -0.497 e. The van der Waals surface area contributed by atoms with Crippen molar-refractivity contribution in [2.45, 2.75) is 32.2 Å². The van der Waals surface area contributed by atoms with Crippen molar-refractivity contribution in [1.82, 2.24) is 0 Å². The summed E-state index contributed by atoms with van der Waals surface area (Å²) in [5.41, 5.74) is 1.12. The summed E-state index contributed by atoms with van der Waals surface area (Å²) < 4.78 is 11.0. The molecule has 3 rings (SSSR count). The zero-order valence-electron chi connectivity index (χ0n) is 13.0. The summed E-state index contributed by atoms with van der Waals surface area (Å²) >= 11 is 0. The third kappa shape index (κ3) is 2.73. The van der Waals surface area contributed by atoms with Gasteiger partial charge in [-0.15, -0.1) is 0 Å². The van der Waals surface area contributed by atoms with E-state index in [2.05, 4.69) is 56.1 Å². The van der Waals surface area contributed by atoms with Gasteiger partial charge in [-0.25, -0.2) is 4.99 Å². The molecule has 1 aliphatic heterocycles. The van der Waals surface area contributed by atoms with Crippen molar-refractivity contribution in [2.24, 2.45) is 4.99 Å². The lowest BCUT2D eigenvalue weighted by atomic mass is 9.97. The first-order valence-corrected chi connectivity index (χ1v) is 7.29. The Hall–Kier alpha value is -2.03. The number of methoxy groups -OCH3 is 1. The maximum absolute atomic E-state index is 5.76. The van der Waals surface area contributed by atoms with E-state index in [1.807, 2.05) is 6.07 Å². The minimum absolute atomic E-state index is 0.103. The van der Waals surface area contributed by atoms with Gasteiger partial charge in [0, 0.05) is 0 Å². The first kappa shape index (κ1) is 13.9. The van der Waals surface area contributed by atoms with Crippen LogP contribution in [0.25, 0.3) is 10.8 Å². The molecule has 3 heteroatoms. The topological polar surface area (TPSA) is 30.8 Å². The average molecular weight is 283 g/mol. The fourth-order valence-corrected chi connectivity index (χ4v) is 2.62. The molecule has 0 radical (unpaired) electrons. The van der Waals surface area contributed by atoms with E-state index in [4.69, 9.17) is 9.47 Å². The molecular formula is C18H21NO2. The molecule has 1 atom stereocenters. The molecule has 110 valence electrons. The summed E-state index contributed by atoms with van der Waals surface area (Å²) in [5, 5.41) is 2.39. The van der Waals surface area contributed by atoms with Gasteiger partial charge in [0.2, 0.25) is 0 Å². The highest BCUT2D eigenvalue weighted by atomic mass is 16.5. The van der Waals surface area contributed by atoms with Crippen molar-refractivity contribution in [3.05, 3.63) is 42.0 Å². The quantitative estimate of drug-likeness (QED) is 0.847. The highest BCUT2D eigenvalue weighted by Crippen LogP contribution is 2.29. The van der Waals surface area contributed by atoms with E-state index in [0.717, 1.165) is 11.6 Å². The molecule has 2 aromatic rings. The van der Waals surface area contributed by atoms with Gasteiger partial charge in [0.1, 0.15) is 12.4 Å². The van der Waals surface area contributed by atoms with Crippen molar-refractivity contribution in [3.63, 3.8) is 0 Å². The number of ether oxygens (including phenoxy) is 2. The molecule has 21 heavy (non-hydrogen) atoms. The van der Waals surface area contributed by atoms with Crippen LogP contribution in [-0.4, -0.2) is 25.2 Å². The Labute approximate surface area is 125 Å². The Bertz CT molecular complexity index is 703. The number of hydrogen-bond donors (Lipinski definition) is 0. The lowest BCUT2D eigenvalue weighted by molar-refractivity contribution is 0.272. The molecule has 1 heterocycles.